The molecule has 2 rings (SSSR count). The lowest BCUT2D eigenvalue weighted by atomic mass is 10.1. The van der Waals surface area contributed by atoms with Crippen LogP contribution in [0.15, 0.2) is 40.2 Å². The summed E-state index contributed by atoms with van der Waals surface area (Å²) >= 11 is 0. The number of hydrogen-bond donors (Lipinski definition) is 1. The van der Waals surface area contributed by atoms with Gasteiger partial charge in [0.2, 0.25) is 0 Å². The second-order valence-electron chi connectivity index (χ2n) is 4.22. The number of methoxy groups -OCH3 is 1. The highest BCUT2D eigenvalue weighted by molar-refractivity contribution is 5.47. The molecule has 0 fully saturated rings. The van der Waals surface area contributed by atoms with Crippen molar-refractivity contribution in [3.05, 3.63) is 56.9 Å². The number of hydrogen-bond acceptors (Lipinski definition) is 4. The lowest BCUT2D eigenvalue weighted by Crippen LogP contribution is -2.39. The van der Waals surface area contributed by atoms with Crippen LogP contribution in [0.4, 0.5) is 5.69 Å². The molecule has 0 saturated heterocycles. The molecule has 0 unspecified atom stereocenters. The predicted molar refractivity (Wildman–Crippen MR) is 72.5 cm³/mol. The van der Waals surface area contributed by atoms with Crippen molar-refractivity contribution in [3.8, 4) is 5.75 Å². The van der Waals surface area contributed by atoms with Crippen LogP contribution in [-0.2, 0) is 13.6 Å². The van der Waals surface area contributed by atoms with E-state index >= 15 is 0 Å². The van der Waals surface area contributed by atoms with Crippen molar-refractivity contribution in [1.82, 2.24) is 9.13 Å². The number of nitrogen functional groups attached to an aromatic ring is 1. The molecular formula is C13H15N3O3. The second kappa shape index (κ2) is 5.01. The molecule has 6 heteroatoms. The highest BCUT2D eigenvalue weighted by Gasteiger charge is 2.07. The van der Waals surface area contributed by atoms with Gasteiger partial charge in [0, 0.05) is 30.7 Å². The van der Waals surface area contributed by atoms with E-state index in [1.807, 2.05) is 0 Å². The van der Waals surface area contributed by atoms with E-state index < -0.39 is 11.1 Å². The zero-order valence-corrected chi connectivity index (χ0v) is 10.8. The average molecular weight is 261 g/mol. The molecule has 0 spiro atoms. The highest BCUT2D eigenvalue weighted by atomic mass is 16.5. The Morgan fingerprint density at radius 3 is 2.63 bits per heavy atom. The van der Waals surface area contributed by atoms with Gasteiger partial charge in [-0.3, -0.25) is 9.59 Å². The molecule has 1 aromatic heterocycles. The minimum absolute atomic E-state index is 0.239. The molecule has 0 aliphatic heterocycles. The summed E-state index contributed by atoms with van der Waals surface area (Å²) < 4.78 is 7.79. The summed E-state index contributed by atoms with van der Waals surface area (Å²) in [5.74, 6) is 0.627. The van der Waals surface area contributed by atoms with E-state index in [-0.39, 0.29) is 6.54 Å². The van der Waals surface area contributed by atoms with Gasteiger partial charge >= 0.3 is 11.1 Å². The Kier molecular flexibility index (Phi) is 3.41. The molecule has 0 aliphatic carbocycles. The van der Waals surface area contributed by atoms with Gasteiger partial charge in [0.25, 0.3) is 0 Å². The fraction of sp³-hybridized carbons (Fsp3) is 0.231. The number of anilines is 1. The fourth-order valence-electron chi connectivity index (χ4n) is 1.82. The third-order valence-electron chi connectivity index (χ3n) is 2.88. The van der Waals surface area contributed by atoms with E-state index in [1.54, 1.807) is 37.7 Å². The van der Waals surface area contributed by atoms with Gasteiger partial charge in [-0.2, -0.15) is 0 Å². The van der Waals surface area contributed by atoms with Crippen LogP contribution in [0.25, 0.3) is 0 Å². The Hall–Kier alpha value is -2.50. The fourth-order valence-corrected chi connectivity index (χ4v) is 1.82. The summed E-state index contributed by atoms with van der Waals surface area (Å²) in [5.41, 5.74) is 5.90. The Morgan fingerprint density at radius 2 is 1.95 bits per heavy atom. The van der Waals surface area contributed by atoms with Crippen LogP contribution in [0.3, 0.4) is 0 Å². The zero-order valence-electron chi connectivity index (χ0n) is 10.8. The quantitative estimate of drug-likeness (QED) is 0.631. The van der Waals surface area contributed by atoms with Gasteiger partial charge in [0.1, 0.15) is 5.75 Å². The van der Waals surface area contributed by atoms with Crippen LogP contribution in [-0.4, -0.2) is 16.2 Å². The van der Waals surface area contributed by atoms with E-state index in [9.17, 15) is 9.59 Å². The number of ether oxygens (including phenoxy) is 1. The molecule has 100 valence electrons. The lowest BCUT2D eigenvalue weighted by molar-refractivity contribution is 0.408. The first kappa shape index (κ1) is 12.9. The summed E-state index contributed by atoms with van der Waals surface area (Å²) in [7, 11) is 3.08. The Labute approximate surface area is 109 Å². The van der Waals surface area contributed by atoms with E-state index in [0.717, 1.165) is 5.56 Å². The summed E-state index contributed by atoms with van der Waals surface area (Å²) in [6.45, 7) is 0.239. The number of benzene rings is 1. The number of nitrogens with zero attached hydrogens (tertiary/aromatic N) is 2. The first-order chi connectivity index (χ1) is 9.02. The molecule has 0 atom stereocenters. The molecule has 0 aliphatic rings. The second-order valence-corrected chi connectivity index (χ2v) is 4.22. The van der Waals surface area contributed by atoms with E-state index in [2.05, 4.69) is 0 Å². The number of aryl methyl sites for hydroxylation is 1. The van der Waals surface area contributed by atoms with Gasteiger partial charge < -0.3 is 19.6 Å². The predicted octanol–water partition coefficient (Wildman–Crippen LogP) is 0.186. The molecule has 2 N–H and O–H groups in total. The van der Waals surface area contributed by atoms with Gasteiger partial charge in [-0.05, 0) is 18.2 Å². The van der Waals surface area contributed by atoms with Crippen LogP contribution in [0.5, 0.6) is 5.75 Å². The third kappa shape index (κ3) is 2.52. The summed E-state index contributed by atoms with van der Waals surface area (Å²) in [5, 5.41) is 0. The van der Waals surface area contributed by atoms with Crippen molar-refractivity contribution >= 4 is 5.69 Å². The summed E-state index contributed by atoms with van der Waals surface area (Å²) in [6, 6.07) is 5.18. The topological polar surface area (TPSA) is 79.2 Å². The van der Waals surface area contributed by atoms with Gasteiger partial charge in [-0.15, -0.1) is 0 Å². The molecule has 6 nitrogen and oxygen atoms in total. The van der Waals surface area contributed by atoms with E-state index in [4.69, 9.17) is 10.5 Å². The maximum Gasteiger partial charge on any atom is 0.316 e. The molecule has 0 saturated carbocycles. The van der Waals surface area contributed by atoms with E-state index in [0.29, 0.717) is 11.4 Å². The molecule has 1 aromatic carbocycles. The summed E-state index contributed by atoms with van der Waals surface area (Å²) in [4.78, 5) is 23.4. The van der Waals surface area contributed by atoms with Crippen molar-refractivity contribution < 1.29 is 4.74 Å². The van der Waals surface area contributed by atoms with Gasteiger partial charge in [-0.1, -0.05) is 0 Å². The van der Waals surface area contributed by atoms with Crippen molar-refractivity contribution in [2.24, 2.45) is 7.05 Å². The van der Waals surface area contributed by atoms with Crippen molar-refractivity contribution in [2.45, 2.75) is 6.54 Å². The normalized spacial score (nSPS) is 10.4. The van der Waals surface area contributed by atoms with Crippen LogP contribution >= 0.6 is 0 Å². The Bertz CT molecular complexity index is 716. The Balaban J connectivity index is 2.47. The van der Waals surface area contributed by atoms with Crippen LogP contribution in [0.2, 0.25) is 0 Å². The van der Waals surface area contributed by atoms with Gasteiger partial charge in [0.05, 0.1) is 13.7 Å². The number of aromatic nitrogens is 2. The SMILES string of the molecule is COc1ccc(N)cc1Cn1ccn(C)c(=O)c1=O. The lowest BCUT2D eigenvalue weighted by Gasteiger charge is -2.11. The van der Waals surface area contributed by atoms with Crippen LogP contribution in [0, 0.1) is 0 Å². The standard InChI is InChI=1S/C13H15N3O3/c1-15-5-6-16(13(18)12(15)17)8-9-7-10(14)3-4-11(9)19-2/h3-7H,8,14H2,1-2H3. The molecule has 0 amide bonds. The van der Waals surface area contributed by atoms with E-state index in [1.165, 1.54) is 16.2 Å². The maximum absolute atomic E-state index is 11.8. The smallest absolute Gasteiger partial charge is 0.316 e. The monoisotopic (exact) mass is 261 g/mol. The maximum atomic E-state index is 11.8. The van der Waals surface area contributed by atoms with Crippen molar-refractivity contribution in [2.75, 3.05) is 12.8 Å². The molecule has 19 heavy (non-hydrogen) atoms. The average Bonchev–Trinajstić information content (AvgIpc) is 2.40. The minimum atomic E-state index is -0.575. The van der Waals surface area contributed by atoms with Crippen LogP contribution in [0.1, 0.15) is 5.56 Å². The van der Waals surface area contributed by atoms with Crippen LogP contribution < -0.4 is 21.6 Å². The first-order valence-electron chi connectivity index (χ1n) is 5.71. The molecular weight excluding hydrogens is 246 g/mol. The first-order valence-corrected chi connectivity index (χ1v) is 5.71. The summed E-state index contributed by atoms with van der Waals surface area (Å²) in [6.07, 6.45) is 3.11. The van der Waals surface area contributed by atoms with Crippen molar-refractivity contribution in [1.29, 1.82) is 0 Å². The van der Waals surface area contributed by atoms with Gasteiger partial charge in [-0.25, -0.2) is 0 Å². The zero-order chi connectivity index (χ0) is 14.0. The van der Waals surface area contributed by atoms with Gasteiger partial charge in [0.15, 0.2) is 0 Å². The Morgan fingerprint density at radius 1 is 1.21 bits per heavy atom. The minimum Gasteiger partial charge on any atom is -0.496 e. The molecule has 2 aromatic rings. The molecule has 1 heterocycles. The number of rotatable bonds is 3. The van der Waals surface area contributed by atoms with Crippen molar-refractivity contribution in [3.63, 3.8) is 0 Å². The number of nitrogens with two attached hydrogens (primary N) is 1. The highest BCUT2D eigenvalue weighted by Crippen LogP contribution is 2.21. The largest absolute Gasteiger partial charge is 0.496 e. The molecule has 0 radical (unpaired) electrons. The molecule has 0 bridgehead atoms. The third-order valence-corrected chi connectivity index (χ3v) is 2.88.